The first-order valence-electron chi connectivity index (χ1n) is 9.30. The van der Waals surface area contributed by atoms with Crippen LogP contribution in [-0.4, -0.2) is 40.4 Å². The summed E-state index contributed by atoms with van der Waals surface area (Å²) in [5.74, 6) is 2.25. The van der Waals surface area contributed by atoms with Gasteiger partial charge < -0.3 is 15.4 Å². The molecule has 3 rings (SSSR count). The van der Waals surface area contributed by atoms with Crippen molar-refractivity contribution in [1.82, 2.24) is 25.4 Å². The molecule has 1 aromatic heterocycles. The Balaban J connectivity index is 1.64. The molecule has 2 heterocycles. The van der Waals surface area contributed by atoms with Gasteiger partial charge in [0, 0.05) is 26.1 Å². The maximum absolute atomic E-state index is 13.7. The summed E-state index contributed by atoms with van der Waals surface area (Å²) in [7, 11) is 1.64. The molecule has 27 heavy (non-hydrogen) atoms. The minimum atomic E-state index is -0.196. The molecule has 2 aromatic rings. The van der Waals surface area contributed by atoms with Gasteiger partial charge in [-0.25, -0.2) is 19.0 Å². The van der Waals surface area contributed by atoms with Gasteiger partial charge in [0.05, 0.1) is 13.1 Å². The number of halogens is 1. The van der Waals surface area contributed by atoms with Crippen LogP contribution in [0.25, 0.3) is 0 Å². The standard InChI is InChI=1S/C19H27FN6O/c1-4-21-19(22-10-14-6-5-13(2)16(20)9-14)23-15-7-8-18-24-17(12-27-3)25-26(18)11-15/h5-6,9,15H,4,7-8,10-12H2,1-3H3,(H2,21,22,23). The molecule has 2 N–H and O–H groups in total. The molecule has 1 aromatic carbocycles. The minimum absolute atomic E-state index is 0.196. The number of guanidine groups is 1. The number of aliphatic imine (C=N–C) groups is 1. The van der Waals surface area contributed by atoms with Crippen molar-refractivity contribution in [3.05, 3.63) is 46.8 Å². The van der Waals surface area contributed by atoms with Gasteiger partial charge in [0.2, 0.25) is 0 Å². The number of rotatable bonds is 6. The highest BCUT2D eigenvalue weighted by molar-refractivity contribution is 5.80. The van der Waals surface area contributed by atoms with Crippen LogP contribution in [0, 0.1) is 12.7 Å². The molecule has 1 aliphatic heterocycles. The van der Waals surface area contributed by atoms with Crippen molar-refractivity contribution in [2.45, 2.75) is 52.4 Å². The molecule has 0 bridgehead atoms. The predicted molar refractivity (Wildman–Crippen MR) is 102 cm³/mol. The van der Waals surface area contributed by atoms with Gasteiger partial charge in [-0.1, -0.05) is 12.1 Å². The molecule has 0 radical (unpaired) electrons. The summed E-state index contributed by atoms with van der Waals surface area (Å²) in [4.78, 5) is 9.10. The summed E-state index contributed by atoms with van der Waals surface area (Å²) >= 11 is 0. The number of fused-ring (bicyclic) bond motifs is 1. The normalized spacial score (nSPS) is 16.9. The fraction of sp³-hybridized carbons (Fsp3) is 0.526. The predicted octanol–water partition coefficient (Wildman–Crippen LogP) is 1.94. The molecule has 0 saturated heterocycles. The van der Waals surface area contributed by atoms with Crippen LogP contribution >= 0.6 is 0 Å². The molecule has 0 saturated carbocycles. The van der Waals surface area contributed by atoms with Gasteiger partial charge in [0.25, 0.3) is 0 Å². The molecular formula is C19H27FN6O. The smallest absolute Gasteiger partial charge is 0.191 e. The molecule has 0 spiro atoms. The summed E-state index contributed by atoms with van der Waals surface area (Å²) in [6.45, 7) is 6.12. The van der Waals surface area contributed by atoms with E-state index in [1.807, 2.05) is 17.7 Å². The monoisotopic (exact) mass is 374 g/mol. The number of nitrogens with zero attached hydrogens (tertiary/aromatic N) is 4. The lowest BCUT2D eigenvalue weighted by Gasteiger charge is -2.25. The maximum Gasteiger partial charge on any atom is 0.191 e. The maximum atomic E-state index is 13.7. The third-order valence-electron chi connectivity index (χ3n) is 4.52. The van der Waals surface area contributed by atoms with Crippen LogP contribution in [-0.2, 0) is 30.9 Å². The summed E-state index contributed by atoms with van der Waals surface area (Å²) < 4.78 is 20.8. The Hall–Kier alpha value is -2.48. The summed E-state index contributed by atoms with van der Waals surface area (Å²) in [6.07, 6.45) is 1.81. The molecule has 0 fully saturated rings. The van der Waals surface area contributed by atoms with Crippen molar-refractivity contribution >= 4 is 5.96 Å². The van der Waals surface area contributed by atoms with Crippen LogP contribution < -0.4 is 10.6 Å². The average Bonchev–Trinajstić information content (AvgIpc) is 3.04. The van der Waals surface area contributed by atoms with Crippen molar-refractivity contribution < 1.29 is 9.13 Å². The zero-order valence-electron chi connectivity index (χ0n) is 16.1. The molecule has 8 heteroatoms. The van der Waals surface area contributed by atoms with Crippen LogP contribution in [0.2, 0.25) is 0 Å². The Bertz CT molecular complexity index is 803. The fourth-order valence-corrected chi connectivity index (χ4v) is 3.09. The number of nitrogens with one attached hydrogen (secondary N) is 2. The second kappa shape index (κ2) is 8.94. The van der Waals surface area contributed by atoms with Gasteiger partial charge in [-0.05, 0) is 37.5 Å². The van der Waals surface area contributed by atoms with E-state index in [0.717, 1.165) is 49.1 Å². The van der Waals surface area contributed by atoms with Gasteiger partial charge in [-0.3, -0.25) is 0 Å². The van der Waals surface area contributed by atoms with Crippen LogP contribution in [0.5, 0.6) is 0 Å². The molecular weight excluding hydrogens is 347 g/mol. The van der Waals surface area contributed by atoms with Crippen molar-refractivity contribution in [3.8, 4) is 0 Å². The lowest BCUT2D eigenvalue weighted by Crippen LogP contribution is -2.47. The summed E-state index contributed by atoms with van der Waals surface area (Å²) in [5, 5.41) is 11.2. The van der Waals surface area contributed by atoms with Crippen LogP contribution in [0.1, 0.15) is 36.1 Å². The van der Waals surface area contributed by atoms with Crippen LogP contribution in [0.3, 0.4) is 0 Å². The van der Waals surface area contributed by atoms with Gasteiger partial charge >= 0.3 is 0 Å². The van der Waals surface area contributed by atoms with Crippen LogP contribution in [0.4, 0.5) is 4.39 Å². The SMILES string of the molecule is CCNC(=NCc1ccc(C)c(F)c1)NC1CCc2nc(COC)nn2C1. The van der Waals surface area contributed by atoms with Crippen molar-refractivity contribution in [2.24, 2.45) is 4.99 Å². The molecule has 0 aliphatic carbocycles. The number of aryl methyl sites for hydroxylation is 2. The highest BCUT2D eigenvalue weighted by atomic mass is 19.1. The van der Waals surface area contributed by atoms with E-state index in [1.165, 1.54) is 0 Å². The minimum Gasteiger partial charge on any atom is -0.377 e. The van der Waals surface area contributed by atoms with E-state index in [9.17, 15) is 4.39 Å². The number of benzene rings is 1. The Labute approximate surface area is 159 Å². The quantitative estimate of drug-likeness (QED) is 0.597. The zero-order valence-corrected chi connectivity index (χ0v) is 16.1. The number of hydrogen-bond donors (Lipinski definition) is 2. The molecule has 1 atom stereocenters. The highest BCUT2D eigenvalue weighted by Crippen LogP contribution is 2.14. The third-order valence-corrected chi connectivity index (χ3v) is 4.52. The number of aromatic nitrogens is 3. The second-order valence-corrected chi connectivity index (χ2v) is 6.72. The van der Waals surface area contributed by atoms with E-state index in [4.69, 9.17) is 4.74 Å². The Morgan fingerprint density at radius 2 is 2.30 bits per heavy atom. The topological polar surface area (TPSA) is 76.4 Å². The summed E-state index contributed by atoms with van der Waals surface area (Å²) in [6, 6.07) is 5.45. The Kier molecular flexibility index (Phi) is 6.39. The lowest BCUT2D eigenvalue weighted by atomic mass is 10.1. The van der Waals surface area contributed by atoms with Gasteiger partial charge in [-0.2, -0.15) is 5.10 Å². The molecule has 0 amide bonds. The molecule has 7 nitrogen and oxygen atoms in total. The summed E-state index contributed by atoms with van der Waals surface area (Å²) in [5.41, 5.74) is 1.49. The van der Waals surface area contributed by atoms with Crippen molar-refractivity contribution in [1.29, 1.82) is 0 Å². The van der Waals surface area contributed by atoms with E-state index in [0.29, 0.717) is 18.7 Å². The van der Waals surface area contributed by atoms with Gasteiger partial charge in [0.1, 0.15) is 18.2 Å². The van der Waals surface area contributed by atoms with Crippen LogP contribution in [0.15, 0.2) is 23.2 Å². The van der Waals surface area contributed by atoms with E-state index in [1.54, 1.807) is 26.2 Å². The van der Waals surface area contributed by atoms with E-state index >= 15 is 0 Å². The van der Waals surface area contributed by atoms with E-state index in [-0.39, 0.29) is 11.9 Å². The number of methoxy groups -OCH3 is 1. The fourth-order valence-electron chi connectivity index (χ4n) is 3.09. The van der Waals surface area contributed by atoms with Crippen molar-refractivity contribution in [2.75, 3.05) is 13.7 Å². The van der Waals surface area contributed by atoms with E-state index in [2.05, 4.69) is 25.7 Å². The molecule has 1 unspecified atom stereocenters. The first-order chi connectivity index (χ1) is 13.1. The number of ether oxygens (including phenoxy) is 1. The Morgan fingerprint density at radius 3 is 3.04 bits per heavy atom. The zero-order chi connectivity index (χ0) is 19.2. The first-order valence-corrected chi connectivity index (χ1v) is 9.30. The van der Waals surface area contributed by atoms with E-state index < -0.39 is 0 Å². The second-order valence-electron chi connectivity index (χ2n) is 6.72. The molecule has 146 valence electrons. The average molecular weight is 374 g/mol. The molecule has 1 aliphatic rings. The third kappa shape index (κ3) is 5.03. The number of hydrogen-bond acceptors (Lipinski definition) is 4. The largest absolute Gasteiger partial charge is 0.377 e. The highest BCUT2D eigenvalue weighted by Gasteiger charge is 2.22. The van der Waals surface area contributed by atoms with Gasteiger partial charge in [0.15, 0.2) is 11.8 Å². The Morgan fingerprint density at radius 1 is 1.44 bits per heavy atom. The van der Waals surface area contributed by atoms with Crippen molar-refractivity contribution in [3.63, 3.8) is 0 Å². The lowest BCUT2D eigenvalue weighted by molar-refractivity contribution is 0.177. The first kappa shape index (κ1) is 19.3. The van der Waals surface area contributed by atoms with Gasteiger partial charge in [-0.15, -0.1) is 0 Å².